The Morgan fingerprint density at radius 3 is 2.79 bits per heavy atom. The van der Waals surface area contributed by atoms with E-state index in [1.165, 1.54) is 12.8 Å². The fraction of sp³-hybridized carbons (Fsp3) is 0.545. The molecule has 3 fully saturated rings. The summed E-state index contributed by atoms with van der Waals surface area (Å²) in [6, 6.07) is 9.60. The van der Waals surface area contributed by atoms with Gasteiger partial charge in [0.05, 0.1) is 6.04 Å². The molecule has 28 heavy (non-hydrogen) atoms. The molecule has 1 aliphatic carbocycles. The number of rotatable bonds is 5. The monoisotopic (exact) mass is 383 g/mol. The summed E-state index contributed by atoms with van der Waals surface area (Å²) >= 11 is 0. The quantitative estimate of drug-likeness (QED) is 0.762. The second-order valence-electron chi connectivity index (χ2n) is 8.01. The van der Waals surface area contributed by atoms with Crippen LogP contribution in [0.3, 0.4) is 0 Å². The minimum Gasteiger partial charge on any atom is -0.483 e. The zero-order valence-electron chi connectivity index (χ0n) is 16.2. The smallest absolute Gasteiger partial charge is 0.286 e. The van der Waals surface area contributed by atoms with Crippen molar-refractivity contribution in [3.05, 3.63) is 41.7 Å². The molecule has 2 heterocycles. The Kier molecular flexibility index (Phi) is 5.95. The molecule has 1 aromatic rings. The number of benzene rings is 1. The van der Waals surface area contributed by atoms with Crippen LogP contribution in [0.1, 0.15) is 37.7 Å². The van der Waals surface area contributed by atoms with E-state index in [0.29, 0.717) is 18.7 Å². The second kappa shape index (κ2) is 8.78. The summed E-state index contributed by atoms with van der Waals surface area (Å²) in [4.78, 5) is 27.4. The number of amides is 2. The van der Waals surface area contributed by atoms with Gasteiger partial charge < -0.3 is 20.3 Å². The third kappa shape index (κ3) is 4.55. The molecule has 2 N–H and O–H groups in total. The SMILES string of the molecule is O=C1NC2CC(C(=O)NCCN3CCCC3)CCC2O/C1=C\c1ccccc1. The summed E-state index contributed by atoms with van der Waals surface area (Å²) in [5, 5.41) is 6.14. The predicted octanol–water partition coefficient (Wildman–Crippen LogP) is 1.92. The van der Waals surface area contributed by atoms with Gasteiger partial charge in [0.2, 0.25) is 5.91 Å². The van der Waals surface area contributed by atoms with E-state index < -0.39 is 0 Å². The van der Waals surface area contributed by atoms with E-state index in [9.17, 15) is 9.59 Å². The average molecular weight is 383 g/mol. The highest BCUT2D eigenvalue weighted by atomic mass is 16.5. The van der Waals surface area contributed by atoms with Gasteiger partial charge in [0.1, 0.15) is 6.10 Å². The Labute approximate surface area is 166 Å². The van der Waals surface area contributed by atoms with E-state index in [4.69, 9.17) is 4.74 Å². The molecule has 6 nitrogen and oxygen atoms in total. The molecule has 1 aromatic carbocycles. The third-order valence-electron chi connectivity index (χ3n) is 6.00. The molecule has 0 spiro atoms. The fourth-order valence-corrected chi connectivity index (χ4v) is 4.42. The maximum Gasteiger partial charge on any atom is 0.286 e. The summed E-state index contributed by atoms with van der Waals surface area (Å²) in [5.74, 6) is 0.224. The van der Waals surface area contributed by atoms with Crippen molar-refractivity contribution in [1.29, 1.82) is 0 Å². The van der Waals surface area contributed by atoms with Gasteiger partial charge in [0, 0.05) is 19.0 Å². The molecule has 2 aliphatic heterocycles. The predicted molar refractivity (Wildman–Crippen MR) is 107 cm³/mol. The molecule has 150 valence electrons. The standard InChI is InChI=1S/C22H29N3O3/c26-21(23-10-13-25-11-4-5-12-25)17-8-9-19-18(15-17)24-22(27)20(28-19)14-16-6-2-1-3-7-16/h1-3,6-7,14,17-19H,4-5,8-13,15H2,(H,23,26)(H,24,27)/b20-14-. The summed E-state index contributed by atoms with van der Waals surface area (Å²) in [6.07, 6.45) is 6.47. The second-order valence-corrected chi connectivity index (χ2v) is 8.01. The molecule has 3 unspecified atom stereocenters. The van der Waals surface area contributed by atoms with Crippen molar-refractivity contribution < 1.29 is 14.3 Å². The van der Waals surface area contributed by atoms with Crippen molar-refractivity contribution >= 4 is 17.9 Å². The van der Waals surface area contributed by atoms with E-state index >= 15 is 0 Å². The number of hydrogen-bond donors (Lipinski definition) is 2. The largest absolute Gasteiger partial charge is 0.483 e. The Bertz CT molecular complexity index is 728. The topological polar surface area (TPSA) is 70.7 Å². The number of fused-ring (bicyclic) bond motifs is 1. The summed E-state index contributed by atoms with van der Waals surface area (Å²) in [5.41, 5.74) is 0.942. The first-order valence-electron chi connectivity index (χ1n) is 10.4. The number of carbonyl (C=O) groups excluding carboxylic acids is 2. The van der Waals surface area contributed by atoms with Crippen LogP contribution in [0.5, 0.6) is 0 Å². The maximum absolute atomic E-state index is 12.5. The van der Waals surface area contributed by atoms with E-state index in [2.05, 4.69) is 15.5 Å². The van der Waals surface area contributed by atoms with Crippen molar-refractivity contribution in [1.82, 2.24) is 15.5 Å². The van der Waals surface area contributed by atoms with E-state index in [0.717, 1.165) is 38.0 Å². The number of hydrogen-bond acceptors (Lipinski definition) is 4. The Balaban J connectivity index is 1.28. The van der Waals surface area contributed by atoms with Gasteiger partial charge in [-0.05, 0) is 56.8 Å². The maximum atomic E-state index is 12.5. The van der Waals surface area contributed by atoms with E-state index in [-0.39, 0.29) is 29.9 Å². The number of ether oxygens (including phenoxy) is 1. The highest BCUT2D eigenvalue weighted by Gasteiger charge is 2.40. The van der Waals surface area contributed by atoms with Crippen LogP contribution in [0.25, 0.3) is 6.08 Å². The molecule has 0 radical (unpaired) electrons. The van der Waals surface area contributed by atoms with Gasteiger partial charge >= 0.3 is 0 Å². The van der Waals surface area contributed by atoms with Gasteiger partial charge in [-0.1, -0.05) is 30.3 Å². The third-order valence-corrected chi connectivity index (χ3v) is 6.00. The van der Waals surface area contributed by atoms with Crippen molar-refractivity contribution in [3.8, 4) is 0 Å². The molecule has 2 amide bonds. The molecular weight excluding hydrogens is 354 g/mol. The Morgan fingerprint density at radius 2 is 2.00 bits per heavy atom. The van der Waals surface area contributed by atoms with Crippen LogP contribution in [-0.2, 0) is 14.3 Å². The lowest BCUT2D eigenvalue weighted by molar-refractivity contribution is -0.134. The lowest BCUT2D eigenvalue weighted by Crippen LogP contribution is -2.55. The van der Waals surface area contributed by atoms with Crippen LogP contribution in [0.15, 0.2) is 36.1 Å². The molecule has 4 rings (SSSR count). The van der Waals surface area contributed by atoms with Crippen LogP contribution in [0.4, 0.5) is 0 Å². The summed E-state index contributed by atoms with van der Waals surface area (Å²) < 4.78 is 5.99. The normalized spacial score (nSPS) is 29.1. The average Bonchev–Trinajstić information content (AvgIpc) is 3.22. The fourth-order valence-electron chi connectivity index (χ4n) is 4.42. The molecule has 0 bridgehead atoms. The van der Waals surface area contributed by atoms with E-state index in [1.54, 1.807) is 6.08 Å². The summed E-state index contributed by atoms with van der Waals surface area (Å²) in [6.45, 7) is 3.92. The Morgan fingerprint density at radius 1 is 1.21 bits per heavy atom. The van der Waals surface area contributed by atoms with Crippen LogP contribution in [-0.4, -0.2) is 55.0 Å². The first-order chi connectivity index (χ1) is 13.7. The molecule has 3 aliphatic rings. The first-order valence-corrected chi connectivity index (χ1v) is 10.4. The minimum atomic E-state index is -0.194. The summed E-state index contributed by atoms with van der Waals surface area (Å²) in [7, 11) is 0. The van der Waals surface area contributed by atoms with Gasteiger partial charge in [-0.25, -0.2) is 0 Å². The van der Waals surface area contributed by atoms with Gasteiger partial charge in [-0.15, -0.1) is 0 Å². The number of morpholine rings is 1. The lowest BCUT2D eigenvalue weighted by atomic mass is 9.82. The van der Waals surface area contributed by atoms with Crippen LogP contribution in [0.2, 0.25) is 0 Å². The van der Waals surface area contributed by atoms with Gasteiger partial charge in [0.25, 0.3) is 5.91 Å². The van der Waals surface area contributed by atoms with Gasteiger partial charge in [-0.2, -0.15) is 0 Å². The zero-order valence-corrected chi connectivity index (χ0v) is 16.2. The van der Waals surface area contributed by atoms with Crippen molar-refractivity contribution in [3.63, 3.8) is 0 Å². The van der Waals surface area contributed by atoms with Gasteiger partial charge in [0.15, 0.2) is 5.76 Å². The van der Waals surface area contributed by atoms with Crippen molar-refractivity contribution in [2.75, 3.05) is 26.2 Å². The van der Waals surface area contributed by atoms with Crippen LogP contribution >= 0.6 is 0 Å². The Hall–Kier alpha value is -2.34. The number of nitrogens with zero attached hydrogens (tertiary/aromatic N) is 1. The molecule has 1 saturated carbocycles. The highest BCUT2D eigenvalue weighted by molar-refractivity contribution is 5.96. The first kappa shape index (κ1) is 19.0. The zero-order chi connectivity index (χ0) is 19.3. The lowest BCUT2D eigenvalue weighted by Gasteiger charge is -2.39. The van der Waals surface area contributed by atoms with Crippen LogP contribution < -0.4 is 10.6 Å². The molecular formula is C22H29N3O3. The molecule has 0 aromatic heterocycles. The highest BCUT2D eigenvalue weighted by Crippen LogP contribution is 2.31. The number of likely N-dealkylation sites (tertiary alicyclic amines) is 1. The van der Waals surface area contributed by atoms with Crippen molar-refractivity contribution in [2.45, 2.75) is 44.2 Å². The van der Waals surface area contributed by atoms with Crippen LogP contribution in [0, 0.1) is 5.92 Å². The minimum absolute atomic E-state index is 0.0524. The van der Waals surface area contributed by atoms with Gasteiger partial charge in [-0.3, -0.25) is 9.59 Å². The van der Waals surface area contributed by atoms with E-state index in [1.807, 2.05) is 30.3 Å². The van der Waals surface area contributed by atoms with Crippen molar-refractivity contribution in [2.24, 2.45) is 5.92 Å². The molecule has 6 heteroatoms. The molecule has 3 atom stereocenters. The number of nitrogens with one attached hydrogen (secondary N) is 2. The molecule has 2 saturated heterocycles. The number of carbonyl (C=O) groups is 2.